The van der Waals surface area contributed by atoms with Crippen LogP contribution in [-0.2, 0) is 0 Å². The molecule has 0 saturated heterocycles. The number of hydrogen-bond donors (Lipinski definition) is 0. The van der Waals surface area contributed by atoms with E-state index < -0.39 is 0 Å². The lowest BCUT2D eigenvalue weighted by Gasteiger charge is -2.26. The summed E-state index contributed by atoms with van der Waals surface area (Å²) < 4.78 is 21.6. The number of hydrogen-bond acceptors (Lipinski definition) is 5. The smallest absolute Gasteiger partial charge is 0.227 e. The Labute approximate surface area is 313 Å². The van der Waals surface area contributed by atoms with Crippen LogP contribution < -0.4 is 4.90 Å². The lowest BCUT2D eigenvalue weighted by atomic mass is 10.1. The second-order valence-electron chi connectivity index (χ2n) is 13.9. The first-order valence-corrected chi connectivity index (χ1v) is 18.4. The van der Waals surface area contributed by atoms with Crippen molar-refractivity contribution in [1.29, 1.82) is 0 Å². The fraction of sp³-hybridized carbons (Fsp3) is 0. The SMILES string of the molecule is c1ccc(-c2nc3c(ccc4oc5ccc(N(c6ccc7c(c6)c6ccccc6n7-c6ccccc6)c6cccc7oc8ccccc8c67)cc5c43)o2)cc1. The molecule has 0 unspecified atom stereocenters. The Morgan fingerprint density at radius 1 is 0.418 bits per heavy atom. The Hall–Kier alpha value is -7.57. The predicted octanol–water partition coefficient (Wildman–Crippen LogP) is 13.9. The van der Waals surface area contributed by atoms with Crippen LogP contribution in [0, 0.1) is 0 Å². The maximum atomic E-state index is 6.47. The van der Waals surface area contributed by atoms with Gasteiger partial charge < -0.3 is 22.7 Å². The third-order valence-electron chi connectivity index (χ3n) is 10.8. The monoisotopic (exact) mass is 707 g/mol. The van der Waals surface area contributed by atoms with Gasteiger partial charge in [-0.15, -0.1) is 0 Å². The highest BCUT2D eigenvalue weighted by atomic mass is 16.4. The van der Waals surface area contributed by atoms with Gasteiger partial charge in [0.25, 0.3) is 0 Å². The molecule has 0 atom stereocenters. The standard InChI is InChI=1S/C49H29N3O3/c1-3-12-30(13-4-1)49-50-48-45(55-49)27-26-44-47(48)37-29-33(23-25-42(37)54-44)51(40-19-11-21-43-46(40)35-17-8-10-20-41(35)53-43)32-22-24-39-36(28-32)34-16-7-9-18-38(34)52(39)31-14-5-2-6-15-31/h1-29H. The molecule has 4 heterocycles. The van der Waals surface area contributed by atoms with Crippen molar-refractivity contribution in [1.82, 2.24) is 9.55 Å². The van der Waals surface area contributed by atoms with Gasteiger partial charge in [-0.3, -0.25) is 0 Å². The van der Waals surface area contributed by atoms with Crippen LogP contribution in [0.4, 0.5) is 17.1 Å². The van der Waals surface area contributed by atoms with Crippen LogP contribution in [0.3, 0.4) is 0 Å². The van der Waals surface area contributed by atoms with Crippen LogP contribution in [-0.4, -0.2) is 9.55 Å². The zero-order valence-corrected chi connectivity index (χ0v) is 29.3. The van der Waals surface area contributed by atoms with Crippen molar-refractivity contribution in [3.8, 4) is 17.1 Å². The van der Waals surface area contributed by atoms with Crippen molar-refractivity contribution >= 4 is 93.8 Å². The number of benzene rings is 8. The lowest BCUT2D eigenvalue weighted by molar-refractivity contribution is 0.619. The number of furan rings is 2. The molecule has 0 aliphatic carbocycles. The van der Waals surface area contributed by atoms with E-state index in [-0.39, 0.29) is 0 Å². The van der Waals surface area contributed by atoms with E-state index in [0.717, 1.165) is 88.7 Å². The number of anilines is 3. The summed E-state index contributed by atoms with van der Waals surface area (Å²) in [5, 5.41) is 6.35. The van der Waals surface area contributed by atoms with Crippen LogP contribution >= 0.6 is 0 Å². The maximum Gasteiger partial charge on any atom is 0.227 e. The third kappa shape index (κ3) is 4.46. The van der Waals surface area contributed by atoms with E-state index in [1.54, 1.807) is 0 Å². The van der Waals surface area contributed by atoms with Gasteiger partial charge in [0.05, 0.1) is 27.5 Å². The van der Waals surface area contributed by atoms with Crippen LogP contribution in [0.25, 0.3) is 93.9 Å². The van der Waals surface area contributed by atoms with E-state index in [4.69, 9.17) is 18.2 Å². The van der Waals surface area contributed by atoms with E-state index in [1.165, 1.54) is 10.8 Å². The van der Waals surface area contributed by atoms with E-state index in [9.17, 15) is 0 Å². The molecule has 0 radical (unpaired) electrons. The van der Waals surface area contributed by atoms with Crippen LogP contribution in [0.2, 0.25) is 0 Å². The number of nitrogens with zero attached hydrogens (tertiary/aromatic N) is 3. The molecule has 0 bridgehead atoms. The molecule has 8 aromatic carbocycles. The molecular weight excluding hydrogens is 679 g/mol. The normalized spacial score (nSPS) is 12.0. The Morgan fingerprint density at radius 2 is 1.04 bits per heavy atom. The van der Waals surface area contributed by atoms with Gasteiger partial charge in [0.2, 0.25) is 5.89 Å². The van der Waals surface area contributed by atoms with Gasteiger partial charge in [0.15, 0.2) is 5.58 Å². The summed E-state index contributed by atoms with van der Waals surface area (Å²) in [4.78, 5) is 7.37. The Bertz CT molecular complexity index is 3440. The number of oxazole rings is 1. The van der Waals surface area contributed by atoms with Crippen molar-refractivity contribution < 1.29 is 13.3 Å². The zero-order chi connectivity index (χ0) is 36.0. The van der Waals surface area contributed by atoms with Crippen molar-refractivity contribution in [3.63, 3.8) is 0 Å². The fourth-order valence-electron chi connectivity index (χ4n) is 8.41. The van der Waals surface area contributed by atoms with Gasteiger partial charge in [-0.1, -0.05) is 78.9 Å². The molecule has 0 spiro atoms. The first-order valence-electron chi connectivity index (χ1n) is 18.4. The molecule has 12 aromatic rings. The molecule has 0 N–H and O–H groups in total. The van der Waals surface area contributed by atoms with Gasteiger partial charge in [0.1, 0.15) is 27.8 Å². The van der Waals surface area contributed by atoms with E-state index in [2.05, 4.69) is 125 Å². The molecule has 0 fully saturated rings. The number of fused-ring (bicyclic) bond motifs is 11. The summed E-state index contributed by atoms with van der Waals surface area (Å²) in [6.45, 7) is 0. The summed E-state index contributed by atoms with van der Waals surface area (Å²) >= 11 is 0. The van der Waals surface area contributed by atoms with Crippen LogP contribution in [0.15, 0.2) is 189 Å². The molecule has 4 aromatic heterocycles. The fourth-order valence-corrected chi connectivity index (χ4v) is 8.41. The average Bonchev–Trinajstić information content (AvgIpc) is 4.02. The second-order valence-corrected chi connectivity index (χ2v) is 13.9. The molecule has 55 heavy (non-hydrogen) atoms. The number of aromatic nitrogens is 2. The van der Waals surface area contributed by atoms with E-state index in [0.29, 0.717) is 11.5 Å². The first-order chi connectivity index (χ1) is 27.3. The van der Waals surface area contributed by atoms with Crippen molar-refractivity contribution in [2.24, 2.45) is 0 Å². The molecule has 6 nitrogen and oxygen atoms in total. The Balaban J connectivity index is 1.14. The summed E-state index contributed by atoms with van der Waals surface area (Å²) in [5.74, 6) is 0.580. The molecule has 0 aliphatic rings. The van der Waals surface area contributed by atoms with Crippen LogP contribution in [0.1, 0.15) is 0 Å². The minimum atomic E-state index is 0.580. The zero-order valence-electron chi connectivity index (χ0n) is 29.3. The van der Waals surface area contributed by atoms with Crippen molar-refractivity contribution in [2.45, 2.75) is 0 Å². The highest BCUT2D eigenvalue weighted by Gasteiger charge is 2.23. The third-order valence-corrected chi connectivity index (χ3v) is 10.8. The highest BCUT2D eigenvalue weighted by molar-refractivity contribution is 6.19. The molecule has 12 rings (SSSR count). The molecule has 6 heteroatoms. The van der Waals surface area contributed by atoms with Crippen molar-refractivity contribution in [2.75, 3.05) is 4.90 Å². The molecule has 0 amide bonds. The predicted molar refractivity (Wildman–Crippen MR) is 223 cm³/mol. The van der Waals surface area contributed by atoms with Gasteiger partial charge in [-0.05, 0) is 97.1 Å². The Morgan fingerprint density at radius 3 is 1.89 bits per heavy atom. The molecule has 0 saturated carbocycles. The largest absolute Gasteiger partial charge is 0.456 e. The number of para-hydroxylation sites is 3. The maximum absolute atomic E-state index is 6.47. The summed E-state index contributed by atoms with van der Waals surface area (Å²) in [7, 11) is 0. The minimum Gasteiger partial charge on any atom is -0.456 e. The Kier molecular flexibility index (Phi) is 6.24. The lowest BCUT2D eigenvalue weighted by Crippen LogP contribution is -2.10. The average molecular weight is 708 g/mol. The van der Waals surface area contributed by atoms with Gasteiger partial charge in [0, 0.05) is 44.2 Å². The van der Waals surface area contributed by atoms with Gasteiger partial charge in [-0.2, -0.15) is 0 Å². The first kappa shape index (κ1) is 29.9. The second kappa shape index (κ2) is 11.5. The highest BCUT2D eigenvalue weighted by Crippen LogP contribution is 2.46. The summed E-state index contributed by atoms with van der Waals surface area (Å²) in [6.07, 6.45) is 0. The topological polar surface area (TPSA) is 60.5 Å². The molecule has 0 aliphatic heterocycles. The van der Waals surface area contributed by atoms with Gasteiger partial charge >= 0.3 is 0 Å². The van der Waals surface area contributed by atoms with E-state index >= 15 is 0 Å². The molecule has 258 valence electrons. The van der Waals surface area contributed by atoms with Gasteiger partial charge in [-0.25, -0.2) is 4.98 Å². The van der Waals surface area contributed by atoms with Crippen LogP contribution in [0.5, 0.6) is 0 Å². The minimum absolute atomic E-state index is 0.580. The summed E-state index contributed by atoms with van der Waals surface area (Å²) in [5.41, 5.74) is 12.1. The summed E-state index contributed by atoms with van der Waals surface area (Å²) in [6, 6.07) is 60.9. The van der Waals surface area contributed by atoms with E-state index in [1.807, 2.05) is 60.7 Å². The number of rotatable bonds is 5. The quantitative estimate of drug-likeness (QED) is 0.178. The van der Waals surface area contributed by atoms with Crippen molar-refractivity contribution in [3.05, 3.63) is 176 Å². The molecular formula is C49H29N3O3.